The molecule has 66 valence electrons. The summed E-state index contributed by atoms with van der Waals surface area (Å²) in [6.45, 7) is 5.81. The van der Waals surface area contributed by atoms with Crippen molar-refractivity contribution in [3.8, 4) is 5.75 Å². The molecule has 0 amide bonds. The van der Waals surface area contributed by atoms with Gasteiger partial charge in [-0.05, 0) is 31.4 Å². The van der Waals surface area contributed by atoms with Crippen molar-refractivity contribution in [2.24, 2.45) is 0 Å². The Kier molecular flexibility index (Phi) is 2.63. The van der Waals surface area contributed by atoms with Crippen molar-refractivity contribution in [2.75, 3.05) is 0 Å². The monoisotopic (exact) mass is 184 g/mol. The molecule has 0 aliphatic carbocycles. The average Bonchev–Trinajstić information content (AvgIpc) is 2.08. The number of phenols is 1. The van der Waals surface area contributed by atoms with E-state index in [1.807, 2.05) is 26.8 Å². The Morgan fingerprint density at radius 2 is 2.00 bits per heavy atom. The molecular formula is C10H13ClO. The quantitative estimate of drug-likeness (QED) is 0.711. The molecule has 0 atom stereocenters. The van der Waals surface area contributed by atoms with Gasteiger partial charge in [-0.3, -0.25) is 0 Å². The van der Waals surface area contributed by atoms with E-state index < -0.39 is 0 Å². The van der Waals surface area contributed by atoms with Gasteiger partial charge in [0.1, 0.15) is 5.75 Å². The zero-order valence-corrected chi connectivity index (χ0v) is 8.37. The van der Waals surface area contributed by atoms with E-state index in [0.29, 0.717) is 10.8 Å². The molecule has 0 fully saturated rings. The fourth-order valence-corrected chi connectivity index (χ4v) is 1.45. The first-order chi connectivity index (χ1) is 5.57. The zero-order chi connectivity index (χ0) is 9.30. The van der Waals surface area contributed by atoms with E-state index in [4.69, 9.17) is 11.6 Å². The van der Waals surface area contributed by atoms with Crippen LogP contribution in [0.2, 0.25) is 5.02 Å². The van der Waals surface area contributed by atoms with E-state index in [-0.39, 0.29) is 0 Å². The minimum Gasteiger partial charge on any atom is -0.507 e. The van der Waals surface area contributed by atoms with Crippen LogP contribution in [-0.4, -0.2) is 5.11 Å². The highest BCUT2D eigenvalue weighted by Gasteiger charge is 2.08. The van der Waals surface area contributed by atoms with Crippen LogP contribution in [0.4, 0.5) is 0 Å². The smallest absolute Gasteiger partial charge is 0.123 e. The second-order valence-electron chi connectivity index (χ2n) is 2.99. The lowest BCUT2D eigenvalue weighted by Gasteiger charge is -2.09. The molecule has 1 N–H and O–H groups in total. The maximum atomic E-state index is 9.62. The fraction of sp³-hybridized carbons (Fsp3) is 0.400. The summed E-state index contributed by atoms with van der Waals surface area (Å²) in [5.41, 5.74) is 2.78. The van der Waals surface area contributed by atoms with Crippen LogP contribution in [0.25, 0.3) is 0 Å². The van der Waals surface area contributed by atoms with E-state index in [0.717, 1.165) is 23.1 Å². The van der Waals surface area contributed by atoms with Crippen molar-refractivity contribution in [3.05, 3.63) is 27.8 Å². The maximum Gasteiger partial charge on any atom is 0.123 e. The van der Waals surface area contributed by atoms with Gasteiger partial charge < -0.3 is 5.11 Å². The highest BCUT2D eigenvalue weighted by atomic mass is 35.5. The maximum absolute atomic E-state index is 9.62. The number of halogens is 1. The third-order valence-corrected chi connectivity index (χ3v) is 2.69. The molecule has 0 radical (unpaired) electrons. The van der Waals surface area contributed by atoms with Gasteiger partial charge in [0.05, 0.1) is 5.02 Å². The molecule has 1 aromatic rings. The number of hydrogen-bond acceptors (Lipinski definition) is 1. The van der Waals surface area contributed by atoms with Crippen molar-refractivity contribution < 1.29 is 5.11 Å². The first-order valence-corrected chi connectivity index (χ1v) is 4.43. The van der Waals surface area contributed by atoms with Gasteiger partial charge >= 0.3 is 0 Å². The summed E-state index contributed by atoms with van der Waals surface area (Å²) in [7, 11) is 0. The Bertz CT molecular complexity index is 305. The molecule has 1 aromatic carbocycles. The summed E-state index contributed by atoms with van der Waals surface area (Å²) in [4.78, 5) is 0. The first kappa shape index (κ1) is 9.40. The van der Waals surface area contributed by atoms with Crippen LogP contribution < -0.4 is 0 Å². The SMILES string of the molecule is CCc1cc(C)c(Cl)c(C)c1O. The summed E-state index contributed by atoms with van der Waals surface area (Å²) >= 11 is 5.95. The number of hydrogen-bond donors (Lipinski definition) is 1. The Hall–Kier alpha value is -0.690. The third kappa shape index (κ3) is 1.42. The van der Waals surface area contributed by atoms with Crippen molar-refractivity contribution in [1.82, 2.24) is 0 Å². The van der Waals surface area contributed by atoms with E-state index in [2.05, 4.69) is 0 Å². The van der Waals surface area contributed by atoms with Crippen LogP contribution in [-0.2, 0) is 6.42 Å². The topological polar surface area (TPSA) is 20.2 Å². The van der Waals surface area contributed by atoms with Gasteiger partial charge in [0, 0.05) is 5.56 Å². The average molecular weight is 185 g/mol. The molecular weight excluding hydrogens is 172 g/mol. The van der Waals surface area contributed by atoms with Crippen molar-refractivity contribution >= 4 is 11.6 Å². The number of aromatic hydroxyl groups is 1. The highest BCUT2D eigenvalue weighted by molar-refractivity contribution is 6.32. The summed E-state index contributed by atoms with van der Waals surface area (Å²) in [5.74, 6) is 0.341. The number of aryl methyl sites for hydroxylation is 2. The second-order valence-corrected chi connectivity index (χ2v) is 3.37. The molecule has 0 bridgehead atoms. The summed E-state index contributed by atoms with van der Waals surface area (Å²) in [6, 6.07) is 1.94. The lowest BCUT2D eigenvalue weighted by Crippen LogP contribution is -1.89. The van der Waals surface area contributed by atoms with Gasteiger partial charge in [-0.2, -0.15) is 0 Å². The van der Waals surface area contributed by atoms with Crippen molar-refractivity contribution in [1.29, 1.82) is 0 Å². The largest absolute Gasteiger partial charge is 0.507 e. The molecule has 12 heavy (non-hydrogen) atoms. The number of rotatable bonds is 1. The van der Waals surface area contributed by atoms with Crippen LogP contribution in [0, 0.1) is 13.8 Å². The van der Waals surface area contributed by atoms with Crippen LogP contribution in [0.15, 0.2) is 6.07 Å². The lowest BCUT2D eigenvalue weighted by molar-refractivity contribution is 0.464. The summed E-state index contributed by atoms with van der Waals surface area (Å²) in [5, 5.41) is 10.3. The molecule has 0 saturated carbocycles. The minimum absolute atomic E-state index is 0.341. The molecule has 0 aliphatic heterocycles. The van der Waals surface area contributed by atoms with Crippen molar-refractivity contribution in [3.63, 3.8) is 0 Å². The van der Waals surface area contributed by atoms with Gasteiger partial charge in [0.25, 0.3) is 0 Å². The molecule has 0 spiro atoms. The molecule has 2 heteroatoms. The third-order valence-electron chi connectivity index (χ3n) is 2.11. The molecule has 0 aromatic heterocycles. The number of phenolic OH excluding ortho intramolecular Hbond substituents is 1. The van der Waals surface area contributed by atoms with Gasteiger partial charge in [-0.1, -0.05) is 24.6 Å². The van der Waals surface area contributed by atoms with Gasteiger partial charge in [0.15, 0.2) is 0 Å². The molecule has 1 nitrogen and oxygen atoms in total. The lowest BCUT2D eigenvalue weighted by atomic mass is 10.0. The zero-order valence-electron chi connectivity index (χ0n) is 7.61. The molecule has 0 heterocycles. The minimum atomic E-state index is 0.341. The first-order valence-electron chi connectivity index (χ1n) is 4.05. The standard InChI is InChI=1S/C10H13ClO/c1-4-8-5-6(2)9(11)7(3)10(8)12/h5,12H,4H2,1-3H3. The van der Waals surface area contributed by atoms with Crippen LogP contribution in [0.3, 0.4) is 0 Å². The Labute approximate surface area is 78.0 Å². The van der Waals surface area contributed by atoms with Crippen molar-refractivity contribution in [2.45, 2.75) is 27.2 Å². The molecule has 1 rings (SSSR count). The summed E-state index contributed by atoms with van der Waals surface area (Å²) in [6.07, 6.45) is 0.838. The van der Waals surface area contributed by atoms with E-state index >= 15 is 0 Å². The van der Waals surface area contributed by atoms with E-state index in [1.165, 1.54) is 0 Å². The Morgan fingerprint density at radius 1 is 1.42 bits per heavy atom. The normalized spacial score (nSPS) is 10.3. The molecule has 0 saturated heterocycles. The molecule has 0 aliphatic rings. The van der Waals surface area contributed by atoms with Gasteiger partial charge in [0.2, 0.25) is 0 Å². The molecule has 0 unspecified atom stereocenters. The predicted octanol–water partition coefficient (Wildman–Crippen LogP) is 3.22. The fourth-order valence-electron chi connectivity index (χ4n) is 1.30. The number of benzene rings is 1. The Morgan fingerprint density at radius 3 is 2.50 bits per heavy atom. The summed E-state index contributed by atoms with van der Waals surface area (Å²) < 4.78 is 0. The van der Waals surface area contributed by atoms with Crippen LogP contribution >= 0.6 is 11.6 Å². The Balaban J connectivity index is 3.39. The van der Waals surface area contributed by atoms with Crippen LogP contribution in [0.5, 0.6) is 5.75 Å². The van der Waals surface area contributed by atoms with Gasteiger partial charge in [-0.25, -0.2) is 0 Å². The second kappa shape index (κ2) is 3.36. The van der Waals surface area contributed by atoms with E-state index in [9.17, 15) is 5.11 Å². The van der Waals surface area contributed by atoms with E-state index in [1.54, 1.807) is 0 Å². The predicted molar refractivity (Wildman–Crippen MR) is 52.0 cm³/mol. The van der Waals surface area contributed by atoms with Crippen LogP contribution in [0.1, 0.15) is 23.6 Å². The highest BCUT2D eigenvalue weighted by Crippen LogP contribution is 2.31. The van der Waals surface area contributed by atoms with Gasteiger partial charge in [-0.15, -0.1) is 0 Å².